The first kappa shape index (κ1) is 31.4. The number of allylic oxidation sites excluding steroid dienone is 3. The molecule has 0 spiro atoms. The molecule has 4 fully saturated rings. The number of hydrogen-bond acceptors (Lipinski definition) is 7. The van der Waals surface area contributed by atoms with Gasteiger partial charge in [-0.15, -0.1) is 29.8 Å². The maximum Gasteiger partial charge on any atom is 0.254 e. The highest BCUT2D eigenvalue weighted by molar-refractivity contribution is 9.09. The summed E-state index contributed by atoms with van der Waals surface area (Å²) in [5.41, 5.74) is 2.85. The summed E-state index contributed by atoms with van der Waals surface area (Å²) in [6.45, 7) is 6.55. The summed E-state index contributed by atoms with van der Waals surface area (Å²) in [6.07, 6.45) is 3.98. The van der Waals surface area contributed by atoms with Crippen molar-refractivity contribution in [2.75, 3.05) is 41.6 Å². The first-order valence-electron chi connectivity index (χ1n) is 15.3. The Hall–Kier alpha value is -3.18. The molecule has 0 unspecified atom stereocenters. The number of anilines is 2. The van der Waals surface area contributed by atoms with Gasteiger partial charge in [-0.3, -0.25) is 29.0 Å². The van der Waals surface area contributed by atoms with Crippen LogP contribution in [0.25, 0.3) is 0 Å². The van der Waals surface area contributed by atoms with Gasteiger partial charge in [0.25, 0.3) is 11.8 Å². The molecule has 2 aromatic rings. The molecule has 0 aromatic heterocycles. The first-order chi connectivity index (χ1) is 22.1. The van der Waals surface area contributed by atoms with E-state index in [2.05, 4.69) is 27.4 Å². The SMILES string of the molecule is C=CCc1cccc([C@H]2C3=CC[C@@H]4C(=O)N(c5ccc(N6CCOCC6)cc5)C(=O)[C@@H]4[C@@H]3C[C@@]3(Cl)C(=O)N(CBr)C(=O)[C@@]23Cl)c1O. The van der Waals surface area contributed by atoms with Gasteiger partial charge in [0.2, 0.25) is 11.8 Å². The monoisotopic (exact) mass is 727 g/mol. The Morgan fingerprint density at radius 1 is 0.978 bits per heavy atom. The lowest BCUT2D eigenvalue weighted by Gasteiger charge is -2.50. The van der Waals surface area contributed by atoms with Crippen molar-refractivity contribution in [3.8, 4) is 5.75 Å². The van der Waals surface area contributed by atoms with Crippen LogP contribution in [0.3, 0.4) is 0 Å². The number of aromatic hydroxyl groups is 1. The van der Waals surface area contributed by atoms with E-state index in [1.807, 2.05) is 18.2 Å². The smallest absolute Gasteiger partial charge is 0.254 e. The van der Waals surface area contributed by atoms with Crippen LogP contribution in [0.1, 0.15) is 29.9 Å². The predicted molar refractivity (Wildman–Crippen MR) is 177 cm³/mol. The molecule has 7 rings (SSSR count). The second-order valence-electron chi connectivity index (χ2n) is 12.5. The number of hydrogen-bond donors (Lipinski definition) is 1. The molecule has 2 aromatic carbocycles. The number of morpholine rings is 1. The highest BCUT2D eigenvalue weighted by Crippen LogP contribution is 2.66. The number of alkyl halides is 3. The minimum atomic E-state index is -1.99. The Kier molecular flexibility index (Phi) is 7.86. The van der Waals surface area contributed by atoms with E-state index < -0.39 is 45.2 Å². The van der Waals surface area contributed by atoms with Crippen molar-refractivity contribution in [1.29, 1.82) is 0 Å². The van der Waals surface area contributed by atoms with E-state index in [4.69, 9.17) is 27.9 Å². The van der Waals surface area contributed by atoms with Crippen molar-refractivity contribution in [2.24, 2.45) is 17.8 Å². The van der Waals surface area contributed by atoms with E-state index in [1.54, 1.807) is 36.4 Å². The lowest BCUT2D eigenvalue weighted by Crippen LogP contribution is -2.60. The van der Waals surface area contributed by atoms with Crippen molar-refractivity contribution in [2.45, 2.75) is 34.9 Å². The van der Waals surface area contributed by atoms with Gasteiger partial charge in [0.15, 0.2) is 9.75 Å². The normalized spacial score (nSPS) is 32.3. The summed E-state index contributed by atoms with van der Waals surface area (Å²) in [7, 11) is 0. The van der Waals surface area contributed by atoms with E-state index in [9.17, 15) is 24.3 Å². The number of para-hydroxylation sites is 1. The zero-order valence-electron chi connectivity index (χ0n) is 24.8. The number of likely N-dealkylation sites (tertiary alicyclic amines) is 1. The molecule has 1 N–H and O–H groups in total. The van der Waals surface area contributed by atoms with E-state index in [0.717, 1.165) is 23.7 Å². The molecule has 4 amide bonds. The van der Waals surface area contributed by atoms with Gasteiger partial charge < -0.3 is 14.7 Å². The third-order valence-electron chi connectivity index (χ3n) is 10.3. The van der Waals surface area contributed by atoms with Crippen LogP contribution in [-0.2, 0) is 30.3 Å². The summed E-state index contributed by atoms with van der Waals surface area (Å²) in [5.74, 6) is -5.37. The fraction of sp³-hybridized carbons (Fsp3) is 0.412. The quantitative estimate of drug-likeness (QED) is 0.196. The number of carbonyl (C=O) groups excluding carboxylic acids is 4. The van der Waals surface area contributed by atoms with E-state index >= 15 is 0 Å². The minimum absolute atomic E-state index is 0.0801. The van der Waals surface area contributed by atoms with Crippen molar-refractivity contribution in [3.05, 3.63) is 77.9 Å². The molecule has 9 nitrogen and oxygen atoms in total. The van der Waals surface area contributed by atoms with Crippen LogP contribution in [0.2, 0.25) is 0 Å². The zero-order chi connectivity index (χ0) is 32.5. The maximum atomic E-state index is 14.3. The van der Waals surface area contributed by atoms with Crippen molar-refractivity contribution in [3.63, 3.8) is 0 Å². The molecule has 5 aliphatic rings. The van der Waals surface area contributed by atoms with Gasteiger partial charge in [0.1, 0.15) is 5.75 Å². The summed E-state index contributed by atoms with van der Waals surface area (Å²) >= 11 is 17.9. The summed E-state index contributed by atoms with van der Waals surface area (Å²) in [4.78, 5) is 56.6. The molecule has 3 heterocycles. The third kappa shape index (κ3) is 4.29. The number of ether oxygens (including phenoxy) is 1. The molecule has 1 saturated carbocycles. The van der Waals surface area contributed by atoms with Gasteiger partial charge in [-0.05, 0) is 55.0 Å². The molecule has 12 heteroatoms. The van der Waals surface area contributed by atoms with Crippen LogP contribution in [0.5, 0.6) is 5.75 Å². The minimum Gasteiger partial charge on any atom is -0.507 e. The molecule has 46 heavy (non-hydrogen) atoms. The number of carbonyl (C=O) groups is 4. The maximum absolute atomic E-state index is 14.3. The topological polar surface area (TPSA) is 107 Å². The molecule has 3 aliphatic heterocycles. The van der Waals surface area contributed by atoms with Gasteiger partial charge in [-0.1, -0.05) is 51.9 Å². The number of imide groups is 2. The average Bonchev–Trinajstić information content (AvgIpc) is 3.40. The molecule has 2 aliphatic carbocycles. The molecule has 0 radical (unpaired) electrons. The van der Waals surface area contributed by atoms with Crippen LogP contribution < -0.4 is 9.80 Å². The van der Waals surface area contributed by atoms with E-state index in [0.29, 0.717) is 42.0 Å². The van der Waals surface area contributed by atoms with Gasteiger partial charge in [-0.2, -0.15) is 0 Å². The number of amides is 4. The van der Waals surface area contributed by atoms with Crippen LogP contribution in [0.15, 0.2) is 66.8 Å². The van der Waals surface area contributed by atoms with Crippen LogP contribution in [0.4, 0.5) is 11.4 Å². The lowest BCUT2D eigenvalue weighted by molar-refractivity contribution is -0.138. The molecule has 240 valence electrons. The van der Waals surface area contributed by atoms with Crippen molar-refractivity contribution < 1.29 is 29.0 Å². The number of phenols is 1. The second-order valence-corrected chi connectivity index (χ2v) is 14.2. The summed E-state index contributed by atoms with van der Waals surface area (Å²) in [5, 5.41) is 11.5. The van der Waals surface area contributed by atoms with Crippen molar-refractivity contribution in [1.82, 2.24) is 4.90 Å². The average molecular weight is 729 g/mol. The Morgan fingerprint density at radius 2 is 1.67 bits per heavy atom. The number of benzene rings is 2. The van der Waals surface area contributed by atoms with E-state index in [1.165, 1.54) is 4.90 Å². The molecule has 0 bridgehead atoms. The van der Waals surface area contributed by atoms with Crippen LogP contribution in [-0.4, -0.2) is 75.1 Å². The van der Waals surface area contributed by atoms with Crippen LogP contribution >= 0.6 is 39.1 Å². The standard InChI is InChI=1S/C34H32BrCl2N3O6/c1-2-4-19-5-3-6-24(28(19)41)27-22-11-12-23-26(25(22)17-33(36)31(44)39(18-35)32(45)34(27,33)37)30(43)40(29(23)42)21-9-7-20(8-10-21)38-13-15-46-16-14-38/h2-3,5-11,23,25-27,41H,1,4,12-18H2/t23-,25+,26-,27+,33+,34-/m0/s1. The van der Waals surface area contributed by atoms with Gasteiger partial charge >= 0.3 is 0 Å². The summed E-state index contributed by atoms with van der Waals surface area (Å²) < 4.78 is 5.45. The largest absolute Gasteiger partial charge is 0.507 e. The number of halogens is 3. The fourth-order valence-electron chi connectivity index (χ4n) is 8.15. The highest BCUT2D eigenvalue weighted by atomic mass is 79.9. The Balaban J connectivity index is 1.31. The van der Waals surface area contributed by atoms with Gasteiger partial charge in [0, 0.05) is 30.3 Å². The second kappa shape index (κ2) is 11.5. The lowest BCUT2D eigenvalue weighted by atomic mass is 9.56. The number of phenolic OH excluding ortho intramolecular Hbond substituents is 1. The summed E-state index contributed by atoms with van der Waals surface area (Å²) in [6, 6.07) is 12.5. The Morgan fingerprint density at radius 3 is 2.35 bits per heavy atom. The third-order valence-corrected chi connectivity index (χ3v) is 12.2. The zero-order valence-corrected chi connectivity index (χ0v) is 27.9. The molecular weight excluding hydrogens is 697 g/mol. The molecular formula is C34H32BrCl2N3O6. The molecule has 6 atom stereocenters. The van der Waals surface area contributed by atoms with Gasteiger partial charge in [0.05, 0.1) is 36.2 Å². The Bertz CT molecular complexity index is 1690. The highest BCUT2D eigenvalue weighted by Gasteiger charge is 2.76. The number of rotatable bonds is 6. The molecule has 3 saturated heterocycles. The fourth-order valence-corrected chi connectivity index (χ4v) is 9.57. The predicted octanol–water partition coefficient (Wildman–Crippen LogP) is 4.87. The van der Waals surface area contributed by atoms with Crippen molar-refractivity contribution >= 4 is 74.1 Å². The van der Waals surface area contributed by atoms with E-state index in [-0.39, 0.29) is 35.9 Å². The number of fused-ring (bicyclic) bond motifs is 4. The first-order valence-corrected chi connectivity index (χ1v) is 17.2. The van der Waals surface area contributed by atoms with Gasteiger partial charge in [-0.25, -0.2) is 0 Å². The number of nitrogens with zero attached hydrogens (tertiary/aromatic N) is 3. The Labute approximate surface area is 284 Å². The van der Waals surface area contributed by atoms with Crippen LogP contribution in [0, 0.1) is 17.8 Å².